The van der Waals surface area contributed by atoms with Crippen LogP contribution in [0, 0.1) is 18.2 Å². The number of aromatic nitrogens is 4. The third kappa shape index (κ3) is 12.9. The number of halogens is 1. The molecule has 0 bridgehead atoms. The Balaban J connectivity index is 0.720. The van der Waals surface area contributed by atoms with Crippen molar-refractivity contribution in [3.05, 3.63) is 112 Å². The Morgan fingerprint density at radius 3 is 2.53 bits per heavy atom. The maximum atomic E-state index is 14.2. The molecular weight excluding hydrogens is 1010 g/mol. The van der Waals surface area contributed by atoms with E-state index in [0.29, 0.717) is 81.2 Å². The smallest absolute Gasteiger partial charge is 0.254 e. The molecule has 78 heavy (non-hydrogen) atoms. The maximum absolute atomic E-state index is 14.2. The Morgan fingerprint density at radius 1 is 1.04 bits per heavy atom. The lowest BCUT2D eigenvalue weighted by Crippen LogP contribution is -2.58. The molecule has 6 aromatic rings. The molecule has 2 aromatic carbocycles. The van der Waals surface area contributed by atoms with Gasteiger partial charge in [0.1, 0.15) is 29.6 Å². The van der Waals surface area contributed by atoms with Gasteiger partial charge in [-0.3, -0.25) is 24.1 Å². The van der Waals surface area contributed by atoms with E-state index in [2.05, 4.69) is 41.0 Å². The zero-order valence-corrected chi connectivity index (χ0v) is 46.5. The van der Waals surface area contributed by atoms with Crippen molar-refractivity contribution in [2.45, 2.75) is 129 Å². The van der Waals surface area contributed by atoms with Gasteiger partial charge in [-0.1, -0.05) is 57.5 Å². The summed E-state index contributed by atoms with van der Waals surface area (Å²) in [7, 11) is 3.98. The van der Waals surface area contributed by atoms with Crippen LogP contribution >= 0.6 is 11.3 Å². The average molecular weight is 1090 g/mol. The highest BCUT2D eigenvalue weighted by Gasteiger charge is 2.45. The van der Waals surface area contributed by atoms with Crippen molar-refractivity contribution >= 4 is 51.9 Å². The Labute approximate surface area is 459 Å². The molecule has 4 aromatic heterocycles. The number of ether oxygens (including phenoxy) is 1. The number of likely N-dealkylation sites (tertiary alicyclic amines) is 1. The number of carbonyl (C=O) groups is 3. The summed E-state index contributed by atoms with van der Waals surface area (Å²) in [4.78, 5) is 61.9. The predicted molar refractivity (Wildman–Crippen MR) is 300 cm³/mol. The second kappa shape index (κ2) is 23.9. The van der Waals surface area contributed by atoms with Crippen molar-refractivity contribution in [3.8, 4) is 21.7 Å². The largest absolute Gasteiger partial charge is 0.391 e. The number of hydrogen-bond acceptors (Lipinski definition) is 15. The highest BCUT2D eigenvalue weighted by atomic mass is 32.1. The van der Waals surface area contributed by atoms with Gasteiger partial charge in [0.2, 0.25) is 11.8 Å². The molecule has 3 amide bonds. The first-order valence-electron chi connectivity index (χ1n) is 27.0. The minimum Gasteiger partial charge on any atom is -0.391 e. The number of thiazole rings is 1. The monoisotopic (exact) mass is 1090 g/mol. The fourth-order valence-electron chi connectivity index (χ4n) is 10.9. The minimum atomic E-state index is -0.980. The molecule has 20 heteroatoms. The van der Waals surface area contributed by atoms with Crippen LogP contribution in [0.4, 0.5) is 21.6 Å². The molecule has 5 atom stereocenters. The van der Waals surface area contributed by atoms with E-state index in [1.54, 1.807) is 23.7 Å². The number of imidazole rings is 1. The third-order valence-electron chi connectivity index (χ3n) is 15.2. The lowest BCUT2D eigenvalue weighted by Gasteiger charge is -2.39. The number of anilines is 3. The standard InChI is InChI=1S/C58H74FN11O7S/c1-35(37-12-14-38(15-13-37)52-36(2)62-34-78-52)63-54(73)46-28-40(71)31-70(46)56(75)53(57(3,4)5)66-50(72)11-9-8-10-26-77-33-58(76)21-24-68(25-22-58)45-18-19-48(65-44(45)32-67(6)7)64-43-17-16-41(42-29-61-55(74)51(42)43)47-30-60-49-27-39(59)20-23-69(47)49/h12-20,23,27,30,34-35,40,46,50,53,66,71-72,76H,8-11,21-22,24-26,28-29,31-33H2,1-7H3,(H,61,74)(H,63,73)(H,64,65)/t35-,40+,46-,50?,53+/m0/s1. The lowest BCUT2D eigenvalue weighted by atomic mass is 9.85. The minimum absolute atomic E-state index is 0.0241. The molecule has 7 N–H and O–H groups in total. The van der Waals surface area contributed by atoms with E-state index >= 15 is 0 Å². The van der Waals surface area contributed by atoms with Crippen LogP contribution in [0.25, 0.3) is 27.3 Å². The van der Waals surface area contributed by atoms with Crippen LogP contribution in [0.15, 0.2) is 78.6 Å². The zero-order chi connectivity index (χ0) is 55.5. The van der Waals surface area contributed by atoms with Crippen molar-refractivity contribution in [3.63, 3.8) is 0 Å². The van der Waals surface area contributed by atoms with Crippen molar-refractivity contribution < 1.29 is 38.8 Å². The molecule has 9 rings (SSSR count). The molecule has 416 valence electrons. The normalized spacial score (nSPS) is 18.5. The van der Waals surface area contributed by atoms with Gasteiger partial charge in [0.15, 0.2) is 0 Å². The molecule has 0 saturated carbocycles. The number of pyridine rings is 2. The van der Waals surface area contributed by atoms with Crippen LogP contribution in [0.1, 0.15) is 112 Å². The molecule has 0 spiro atoms. The predicted octanol–water partition coefficient (Wildman–Crippen LogP) is 7.09. The summed E-state index contributed by atoms with van der Waals surface area (Å²) in [6.45, 7) is 12.4. The van der Waals surface area contributed by atoms with Gasteiger partial charge in [0.05, 0.1) is 81.0 Å². The Hall–Kier alpha value is -6.39. The van der Waals surface area contributed by atoms with Gasteiger partial charge in [-0.05, 0) is 106 Å². The molecule has 1 unspecified atom stereocenters. The van der Waals surface area contributed by atoms with Gasteiger partial charge < -0.3 is 50.7 Å². The van der Waals surface area contributed by atoms with Crippen LogP contribution in [-0.2, 0) is 27.4 Å². The van der Waals surface area contributed by atoms with Crippen LogP contribution in [0.3, 0.4) is 0 Å². The molecule has 0 radical (unpaired) electrons. The van der Waals surface area contributed by atoms with Crippen LogP contribution in [0.2, 0.25) is 0 Å². The summed E-state index contributed by atoms with van der Waals surface area (Å²) in [6, 6.07) is 16.5. The third-order valence-corrected chi connectivity index (χ3v) is 16.2. The topological polar surface area (TPSA) is 222 Å². The molecular formula is C58H74FN11O7S. The van der Waals surface area contributed by atoms with Crippen molar-refractivity contribution in [2.75, 3.05) is 57.2 Å². The van der Waals surface area contributed by atoms with Gasteiger partial charge in [0.25, 0.3) is 5.91 Å². The lowest BCUT2D eigenvalue weighted by molar-refractivity contribution is -0.143. The fourth-order valence-corrected chi connectivity index (χ4v) is 11.7. The summed E-state index contributed by atoms with van der Waals surface area (Å²) >= 11 is 1.58. The van der Waals surface area contributed by atoms with Gasteiger partial charge in [0, 0.05) is 63.6 Å². The number of aliphatic hydroxyl groups excluding tert-OH is 2. The highest BCUT2D eigenvalue weighted by Crippen LogP contribution is 2.37. The maximum Gasteiger partial charge on any atom is 0.254 e. The van der Waals surface area contributed by atoms with Gasteiger partial charge in [-0.15, -0.1) is 11.3 Å². The van der Waals surface area contributed by atoms with E-state index < -0.39 is 35.4 Å². The summed E-state index contributed by atoms with van der Waals surface area (Å²) < 4.78 is 21.8. The molecule has 2 fully saturated rings. The first kappa shape index (κ1) is 56.3. The summed E-state index contributed by atoms with van der Waals surface area (Å²) in [5, 5.41) is 46.1. The molecule has 3 aliphatic rings. The second-order valence-corrected chi connectivity index (χ2v) is 23.4. The van der Waals surface area contributed by atoms with Crippen LogP contribution < -0.4 is 26.2 Å². The number of nitrogens with zero attached hydrogens (tertiary/aromatic N) is 7. The first-order chi connectivity index (χ1) is 37.2. The fraction of sp³-hybridized carbons (Fsp3) is 0.483. The number of fused-ring (bicyclic) bond motifs is 2. The average Bonchev–Trinajstić information content (AvgIpc) is 4.36. The van der Waals surface area contributed by atoms with E-state index in [4.69, 9.17) is 9.72 Å². The summed E-state index contributed by atoms with van der Waals surface area (Å²) in [5.74, 6) is -0.652. The molecule has 0 aliphatic carbocycles. The highest BCUT2D eigenvalue weighted by molar-refractivity contribution is 7.13. The Kier molecular flexibility index (Phi) is 17.3. The molecule has 3 aliphatic heterocycles. The van der Waals surface area contributed by atoms with E-state index in [-0.39, 0.29) is 49.2 Å². The van der Waals surface area contributed by atoms with Gasteiger partial charge in [-0.2, -0.15) is 0 Å². The second-order valence-electron chi connectivity index (χ2n) is 22.5. The van der Waals surface area contributed by atoms with E-state index in [1.807, 2.05) is 107 Å². The number of unbranched alkanes of at least 4 members (excludes halogenated alkanes) is 2. The number of amides is 3. The van der Waals surface area contributed by atoms with E-state index in [9.17, 15) is 34.1 Å². The number of aliphatic hydroxyl groups is 3. The zero-order valence-electron chi connectivity index (χ0n) is 45.7. The van der Waals surface area contributed by atoms with Crippen LogP contribution in [0.5, 0.6) is 0 Å². The van der Waals surface area contributed by atoms with Crippen molar-refractivity contribution in [1.82, 2.24) is 45.1 Å². The number of benzene rings is 2. The number of β-amino-alcohol motifs (C(OH)–C–C–N with tert-alkyl or cyclic N) is 1. The molecule has 2 saturated heterocycles. The number of nitrogens with one attached hydrogen (secondary N) is 4. The summed E-state index contributed by atoms with van der Waals surface area (Å²) in [5.41, 5.74) is 9.04. The van der Waals surface area contributed by atoms with E-state index in [0.717, 1.165) is 62.7 Å². The molecule has 7 heterocycles. The summed E-state index contributed by atoms with van der Waals surface area (Å²) in [6.07, 6.45) is 5.22. The quantitative estimate of drug-likeness (QED) is 0.0283. The number of hydrogen-bond donors (Lipinski definition) is 7. The number of rotatable bonds is 21. The molecule has 18 nitrogen and oxygen atoms in total. The first-order valence-corrected chi connectivity index (χ1v) is 27.9. The Bertz CT molecular complexity index is 3100. The van der Waals surface area contributed by atoms with Gasteiger partial charge in [-0.25, -0.2) is 19.3 Å². The Morgan fingerprint density at radius 2 is 1.81 bits per heavy atom. The number of carbonyl (C=O) groups excluding carboxylic acids is 3. The number of aryl methyl sites for hydroxylation is 1. The van der Waals surface area contributed by atoms with Crippen molar-refractivity contribution in [1.29, 1.82) is 0 Å². The van der Waals surface area contributed by atoms with E-state index in [1.165, 1.54) is 17.0 Å². The SMILES string of the molecule is Cc1ncsc1-c1ccc([C@H](C)NC(=O)[C@@H]2C[C@@H](O)CN2C(=O)[C@@H](NC(O)CCCCCOCC2(O)CCN(c3ccc(Nc4ccc(-c5cnc6cc(F)ccn56)c5c4C(=O)NC5)nc3CN(C)C)CC2)C(C)(C)C)cc1. The van der Waals surface area contributed by atoms with Gasteiger partial charge >= 0.3 is 0 Å². The number of piperidine rings is 1. The van der Waals surface area contributed by atoms with Crippen LogP contribution in [-0.4, -0.2) is 139 Å². The van der Waals surface area contributed by atoms with Crippen molar-refractivity contribution in [2.24, 2.45) is 5.41 Å².